The van der Waals surface area contributed by atoms with Crippen LogP contribution in [-0.2, 0) is 11.3 Å². The number of ether oxygens (including phenoxy) is 2. The van der Waals surface area contributed by atoms with Crippen molar-refractivity contribution >= 4 is 0 Å². The zero-order valence-corrected chi connectivity index (χ0v) is 13.3. The molecule has 1 atom stereocenters. The maximum Gasteiger partial charge on any atom is 0.119 e. The molecule has 1 heterocycles. The summed E-state index contributed by atoms with van der Waals surface area (Å²) in [6, 6.07) is 8.42. The van der Waals surface area contributed by atoms with Crippen molar-refractivity contribution in [3.05, 3.63) is 29.8 Å². The third-order valence-corrected chi connectivity index (χ3v) is 3.92. The molecule has 21 heavy (non-hydrogen) atoms. The lowest BCUT2D eigenvalue weighted by molar-refractivity contribution is 0.0168. The standard InChI is InChI=1S/C18H29NO2/c1-2-3-5-12-20-17-10-8-16(9-11-17)14-19-15-18-7-4-6-13-21-18/h8-11,18-19H,2-7,12-15H2,1H3/t18-/m1/s1. The van der Waals surface area contributed by atoms with Gasteiger partial charge in [0.05, 0.1) is 12.7 Å². The van der Waals surface area contributed by atoms with Gasteiger partial charge in [-0.25, -0.2) is 0 Å². The Hall–Kier alpha value is -1.06. The lowest BCUT2D eigenvalue weighted by Crippen LogP contribution is -2.31. The van der Waals surface area contributed by atoms with Gasteiger partial charge in [0.2, 0.25) is 0 Å². The second-order valence-corrected chi connectivity index (χ2v) is 5.82. The number of rotatable bonds is 9. The molecule has 0 saturated carbocycles. The highest BCUT2D eigenvalue weighted by Gasteiger charge is 2.12. The van der Waals surface area contributed by atoms with Crippen LogP contribution in [0.2, 0.25) is 0 Å². The van der Waals surface area contributed by atoms with E-state index in [0.717, 1.165) is 38.5 Å². The Morgan fingerprint density at radius 1 is 1.19 bits per heavy atom. The van der Waals surface area contributed by atoms with E-state index in [0.29, 0.717) is 6.10 Å². The smallest absolute Gasteiger partial charge is 0.119 e. The first-order chi connectivity index (χ1) is 10.4. The minimum Gasteiger partial charge on any atom is -0.494 e. The van der Waals surface area contributed by atoms with Crippen molar-refractivity contribution in [2.24, 2.45) is 0 Å². The predicted octanol–water partition coefficient (Wildman–Crippen LogP) is 3.91. The summed E-state index contributed by atoms with van der Waals surface area (Å²) < 4.78 is 11.4. The molecule has 1 N–H and O–H groups in total. The topological polar surface area (TPSA) is 30.5 Å². The van der Waals surface area contributed by atoms with Crippen molar-refractivity contribution in [1.82, 2.24) is 5.32 Å². The molecule has 118 valence electrons. The molecular formula is C18H29NO2. The minimum absolute atomic E-state index is 0.403. The van der Waals surface area contributed by atoms with Crippen molar-refractivity contribution in [3.8, 4) is 5.75 Å². The molecule has 3 heteroatoms. The fraction of sp³-hybridized carbons (Fsp3) is 0.667. The van der Waals surface area contributed by atoms with E-state index in [9.17, 15) is 0 Å². The summed E-state index contributed by atoms with van der Waals surface area (Å²) in [7, 11) is 0. The van der Waals surface area contributed by atoms with Gasteiger partial charge in [0.1, 0.15) is 5.75 Å². The molecule has 0 spiro atoms. The van der Waals surface area contributed by atoms with Crippen molar-refractivity contribution in [3.63, 3.8) is 0 Å². The van der Waals surface area contributed by atoms with Crippen LogP contribution in [0.25, 0.3) is 0 Å². The Bertz CT molecular complexity index is 371. The van der Waals surface area contributed by atoms with E-state index < -0.39 is 0 Å². The van der Waals surface area contributed by atoms with Crippen molar-refractivity contribution < 1.29 is 9.47 Å². The summed E-state index contributed by atoms with van der Waals surface area (Å²) in [6.07, 6.45) is 7.73. The number of benzene rings is 1. The molecule has 2 rings (SSSR count). The number of unbranched alkanes of at least 4 members (excludes halogenated alkanes) is 2. The third-order valence-electron chi connectivity index (χ3n) is 3.92. The lowest BCUT2D eigenvalue weighted by Gasteiger charge is -2.22. The Morgan fingerprint density at radius 2 is 2.05 bits per heavy atom. The molecule has 0 amide bonds. The van der Waals surface area contributed by atoms with Crippen molar-refractivity contribution in [1.29, 1.82) is 0 Å². The molecule has 0 unspecified atom stereocenters. The zero-order valence-electron chi connectivity index (χ0n) is 13.3. The summed E-state index contributed by atoms with van der Waals surface area (Å²) in [5.74, 6) is 0.977. The largest absolute Gasteiger partial charge is 0.494 e. The molecule has 1 fully saturated rings. The highest BCUT2D eigenvalue weighted by Crippen LogP contribution is 2.14. The van der Waals surface area contributed by atoms with Gasteiger partial charge in [-0.2, -0.15) is 0 Å². The van der Waals surface area contributed by atoms with E-state index in [-0.39, 0.29) is 0 Å². The van der Waals surface area contributed by atoms with E-state index >= 15 is 0 Å². The van der Waals surface area contributed by atoms with Gasteiger partial charge in [-0.1, -0.05) is 31.9 Å². The normalized spacial score (nSPS) is 18.6. The fourth-order valence-corrected chi connectivity index (χ4v) is 2.59. The van der Waals surface area contributed by atoms with Gasteiger partial charge in [-0.3, -0.25) is 0 Å². The van der Waals surface area contributed by atoms with Crippen LogP contribution in [0.3, 0.4) is 0 Å². The average molecular weight is 291 g/mol. The maximum absolute atomic E-state index is 5.72. The summed E-state index contributed by atoms with van der Waals surface area (Å²) in [6.45, 7) is 5.81. The summed E-state index contributed by atoms with van der Waals surface area (Å²) >= 11 is 0. The van der Waals surface area contributed by atoms with Gasteiger partial charge in [0.15, 0.2) is 0 Å². The molecule has 0 aromatic heterocycles. The Balaban J connectivity index is 1.62. The summed E-state index contributed by atoms with van der Waals surface area (Å²) in [4.78, 5) is 0. The van der Waals surface area contributed by atoms with Crippen LogP contribution in [0.5, 0.6) is 5.75 Å². The zero-order chi connectivity index (χ0) is 14.8. The molecule has 1 saturated heterocycles. The third kappa shape index (κ3) is 6.49. The SMILES string of the molecule is CCCCCOc1ccc(CNC[C@H]2CCCCO2)cc1. The Morgan fingerprint density at radius 3 is 2.76 bits per heavy atom. The molecular weight excluding hydrogens is 262 g/mol. The van der Waals surface area contributed by atoms with Crippen LogP contribution in [0.1, 0.15) is 51.0 Å². The van der Waals surface area contributed by atoms with E-state index in [1.54, 1.807) is 0 Å². The van der Waals surface area contributed by atoms with Gasteiger partial charge in [0.25, 0.3) is 0 Å². The van der Waals surface area contributed by atoms with Crippen LogP contribution >= 0.6 is 0 Å². The molecule has 0 aliphatic carbocycles. The van der Waals surface area contributed by atoms with E-state index in [4.69, 9.17) is 9.47 Å². The van der Waals surface area contributed by atoms with Crippen LogP contribution in [0.15, 0.2) is 24.3 Å². The van der Waals surface area contributed by atoms with E-state index in [1.807, 2.05) is 0 Å². The van der Waals surface area contributed by atoms with E-state index in [2.05, 4.69) is 36.5 Å². The second-order valence-electron chi connectivity index (χ2n) is 5.82. The van der Waals surface area contributed by atoms with Crippen LogP contribution in [0.4, 0.5) is 0 Å². The van der Waals surface area contributed by atoms with Gasteiger partial charge < -0.3 is 14.8 Å². The second kappa shape index (κ2) is 9.80. The van der Waals surface area contributed by atoms with Crippen molar-refractivity contribution in [2.75, 3.05) is 19.8 Å². The highest BCUT2D eigenvalue weighted by molar-refractivity contribution is 5.27. The van der Waals surface area contributed by atoms with Gasteiger partial charge in [0, 0.05) is 19.7 Å². The first-order valence-electron chi connectivity index (χ1n) is 8.42. The van der Waals surface area contributed by atoms with Gasteiger partial charge in [-0.05, 0) is 43.4 Å². The molecule has 0 bridgehead atoms. The highest BCUT2D eigenvalue weighted by atomic mass is 16.5. The first kappa shape index (κ1) is 16.3. The summed E-state index contributed by atoms with van der Waals surface area (Å²) in [5.41, 5.74) is 1.30. The Labute approximate surface area is 129 Å². The summed E-state index contributed by atoms with van der Waals surface area (Å²) in [5, 5.41) is 3.48. The van der Waals surface area contributed by atoms with Crippen LogP contribution in [0, 0.1) is 0 Å². The number of nitrogens with one attached hydrogen (secondary N) is 1. The van der Waals surface area contributed by atoms with Crippen LogP contribution < -0.4 is 10.1 Å². The quantitative estimate of drug-likeness (QED) is 0.700. The molecule has 1 aliphatic rings. The predicted molar refractivity (Wildman–Crippen MR) is 86.8 cm³/mol. The molecule has 1 aromatic rings. The molecule has 0 radical (unpaired) electrons. The molecule has 3 nitrogen and oxygen atoms in total. The van der Waals surface area contributed by atoms with E-state index in [1.165, 1.54) is 37.7 Å². The molecule has 1 aliphatic heterocycles. The fourth-order valence-electron chi connectivity index (χ4n) is 2.59. The van der Waals surface area contributed by atoms with Gasteiger partial charge in [-0.15, -0.1) is 0 Å². The average Bonchev–Trinajstić information content (AvgIpc) is 2.54. The van der Waals surface area contributed by atoms with Crippen molar-refractivity contribution in [2.45, 2.75) is 58.1 Å². The number of hydrogen-bond donors (Lipinski definition) is 1. The van der Waals surface area contributed by atoms with Gasteiger partial charge >= 0.3 is 0 Å². The molecule has 1 aromatic carbocycles. The Kier molecular flexibility index (Phi) is 7.61. The number of hydrogen-bond acceptors (Lipinski definition) is 3. The lowest BCUT2D eigenvalue weighted by atomic mass is 10.1. The van der Waals surface area contributed by atoms with Crippen LogP contribution in [-0.4, -0.2) is 25.9 Å². The minimum atomic E-state index is 0.403. The maximum atomic E-state index is 5.72. The first-order valence-corrected chi connectivity index (χ1v) is 8.42. The monoisotopic (exact) mass is 291 g/mol.